The molecule has 0 aliphatic heterocycles. The van der Waals surface area contributed by atoms with Gasteiger partial charge in [-0.15, -0.1) is 0 Å². The van der Waals surface area contributed by atoms with Gasteiger partial charge in [0.25, 0.3) is 0 Å². The molecule has 1 aromatic rings. The Morgan fingerprint density at radius 3 is 2.81 bits per heavy atom. The molecule has 5 heteroatoms. The molecule has 1 aromatic heterocycles. The van der Waals surface area contributed by atoms with Crippen molar-refractivity contribution in [1.29, 1.82) is 0 Å². The Morgan fingerprint density at radius 2 is 2.12 bits per heavy atom. The Kier molecular flexibility index (Phi) is 2.36. The van der Waals surface area contributed by atoms with E-state index >= 15 is 0 Å². The number of fused-ring (bicyclic) bond motifs is 1. The van der Waals surface area contributed by atoms with E-state index in [0.717, 1.165) is 6.08 Å². The summed E-state index contributed by atoms with van der Waals surface area (Å²) in [5.41, 5.74) is 0.828. The van der Waals surface area contributed by atoms with Gasteiger partial charge in [-0.05, 0) is 12.1 Å². The molecule has 0 unspecified atom stereocenters. The summed E-state index contributed by atoms with van der Waals surface area (Å²) in [4.78, 5) is 37.8. The number of carbonyl (C=O) groups is 3. The first-order chi connectivity index (χ1) is 7.59. The van der Waals surface area contributed by atoms with Crippen LogP contribution in [-0.4, -0.2) is 22.5 Å². The zero-order valence-corrected chi connectivity index (χ0v) is 8.48. The van der Waals surface area contributed by atoms with E-state index in [2.05, 4.69) is 10.3 Å². The third-order valence-corrected chi connectivity index (χ3v) is 2.12. The van der Waals surface area contributed by atoms with Crippen LogP contribution in [0.2, 0.25) is 0 Å². The molecular weight excluding hydrogens is 208 g/mol. The van der Waals surface area contributed by atoms with Crippen LogP contribution >= 0.6 is 0 Å². The molecule has 1 heterocycles. The number of amides is 1. The Morgan fingerprint density at radius 1 is 1.38 bits per heavy atom. The number of carbonyl (C=O) groups excluding carboxylic acids is 3. The summed E-state index contributed by atoms with van der Waals surface area (Å²) in [6, 6.07) is 3.08. The van der Waals surface area contributed by atoms with Gasteiger partial charge in [0.15, 0.2) is 0 Å². The van der Waals surface area contributed by atoms with Crippen LogP contribution in [0.4, 0.5) is 0 Å². The van der Waals surface area contributed by atoms with Crippen LogP contribution < -0.4 is 5.32 Å². The van der Waals surface area contributed by atoms with E-state index in [4.69, 9.17) is 0 Å². The highest BCUT2D eigenvalue weighted by atomic mass is 16.2. The molecule has 1 amide bonds. The van der Waals surface area contributed by atoms with E-state index in [1.165, 1.54) is 19.2 Å². The average molecular weight is 216 g/mol. The van der Waals surface area contributed by atoms with E-state index in [-0.39, 0.29) is 17.2 Å². The SMILES string of the molecule is CC(=O)NC1=CC(=O)C(=O)c2cccnc21. The lowest BCUT2D eigenvalue weighted by Crippen LogP contribution is -2.27. The first-order valence-electron chi connectivity index (χ1n) is 4.63. The first-order valence-corrected chi connectivity index (χ1v) is 4.63. The van der Waals surface area contributed by atoms with Crippen molar-refractivity contribution >= 4 is 23.2 Å². The number of Topliss-reactive ketones (excluding diaryl/α,β-unsaturated/α-hetero) is 1. The Balaban J connectivity index is 2.55. The van der Waals surface area contributed by atoms with Crippen LogP contribution in [0.3, 0.4) is 0 Å². The molecule has 1 N–H and O–H groups in total. The molecule has 0 saturated carbocycles. The minimum Gasteiger partial charge on any atom is -0.324 e. The monoisotopic (exact) mass is 216 g/mol. The second-order valence-corrected chi connectivity index (χ2v) is 3.33. The van der Waals surface area contributed by atoms with E-state index in [1.807, 2.05) is 0 Å². The van der Waals surface area contributed by atoms with Crippen molar-refractivity contribution in [3.05, 3.63) is 35.7 Å². The predicted molar refractivity (Wildman–Crippen MR) is 55.4 cm³/mol. The predicted octanol–water partition coefficient (Wildman–Crippen LogP) is 0.324. The summed E-state index contributed by atoms with van der Waals surface area (Å²) in [6.07, 6.45) is 2.59. The zero-order chi connectivity index (χ0) is 11.7. The molecule has 1 aliphatic rings. The summed E-state index contributed by atoms with van der Waals surface area (Å²) in [5.74, 6) is -1.56. The Hall–Kier alpha value is -2.30. The van der Waals surface area contributed by atoms with Crippen LogP contribution in [0.5, 0.6) is 0 Å². The quantitative estimate of drug-likeness (QED) is 0.686. The van der Waals surface area contributed by atoms with Gasteiger partial charge >= 0.3 is 0 Å². The summed E-state index contributed by atoms with van der Waals surface area (Å²) in [6.45, 7) is 1.32. The van der Waals surface area contributed by atoms with Crippen molar-refractivity contribution in [2.75, 3.05) is 0 Å². The smallest absolute Gasteiger partial charge is 0.235 e. The topological polar surface area (TPSA) is 76.1 Å². The average Bonchev–Trinajstić information content (AvgIpc) is 2.25. The molecule has 0 spiro atoms. The standard InChI is InChI=1S/C11H8N2O3/c1-6(14)13-8-5-9(15)11(16)7-3-2-4-12-10(7)8/h2-5H,1H3,(H,13,14). The molecule has 0 aromatic carbocycles. The van der Waals surface area contributed by atoms with Gasteiger partial charge in [-0.2, -0.15) is 0 Å². The lowest BCUT2D eigenvalue weighted by Gasteiger charge is -2.14. The number of pyridine rings is 1. The van der Waals surface area contributed by atoms with Crippen molar-refractivity contribution in [3.8, 4) is 0 Å². The largest absolute Gasteiger partial charge is 0.324 e. The van der Waals surface area contributed by atoms with E-state index in [9.17, 15) is 14.4 Å². The molecule has 1 aliphatic carbocycles. The number of nitrogens with zero attached hydrogens (tertiary/aromatic N) is 1. The summed E-state index contributed by atoms with van der Waals surface area (Å²) in [7, 11) is 0. The van der Waals surface area contributed by atoms with E-state index in [0.29, 0.717) is 5.69 Å². The number of hydrogen-bond donors (Lipinski definition) is 1. The molecule has 0 radical (unpaired) electrons. The molecule has 80 valence electrons. The van der Waals surface area contributed by atoms with Gasteiger partial charge in [0, 0.05) is 19.2 Å². The van der Waals surface area contributed by atoms with Crippen LogP contribution in [0, 0.1) is 0 Å². The first kappa shape index (κ1) is 10.2. The van der Waals surface area contributed by atoms with Gasteiger partial charge in [0.2, 0.25) is 17.5 Å². The molecule has 16 heavy (non-hydrogen) atoms. The summed E-state index contributed by atoms with van der Waals surface area (Å²) >= 11 is 0. The van der Waals surface area contributed by atoms with Gasteiger partial charge < -0.3 is 5.32 Å². The molecule has 0 atom stereocenters. The minimum atomic E-state index is -0.649. The lowest BCUT2D eigenvalue weighted by atomic mass is 9.97. The van der Waals surface area contributed by atoms with Crippen molar-refractivity contribution in [2.24, 2.45) is 0 Å². The second-order valence-electron chi connectivity index (χ2n) is 3.33. The molecule has 0 saturated heterocycles. The fourth-order valence-electron chi connectivity index (χ4n) is 1.49. The van der Waals surface area contributed by atoms with Crippen molar-refractivity contribution < 1.29 is 14.4 Å². The van der Waals surface area contributed by atoms with Gasteiger partial charge in [0.05, 0.1) is 17.0 Å². The highest BCUT2D eigenvalue weighted by molar-refractivity contribution is 6.50. The Labute approximate surface area is 91.2 Å². The second kappa shape index (κ2) is 3.69. The lowest BCUT2D eigenvalue weighted by molar-refractivity contribution is -0.117. The Bertz CT molecular complexity index is 532. The van der Waals surface area contributed by atoms with Gasteiger partial charge in [-0.3, -0.25) is 19.4 Å². The van der Waals surface area contributed by atoms with Crippen molar-refractivity contribution in [3.63, 3.8) is 0 Å². The van der Waals surface area contributed by atoms with Crippen molar-refractivity contribution in [1.82, 2.24) is 10.3 Å². The van der Waals surface area contributed by atoms with Crippen LogP contribution in [0.25, 0.3) is 5.70 Å². The normalized spacial score (nSPS) is 14.2. The summed E-state index contributed by atoms with van der Waals surface area (Å²) < 4.78 is 0. The van der Waals surface area contributed by atoms with E-state index in [1.54, 1.807) is 6.07 Å². The molecule has 5 nitrogen and oxygen atoms in total. The van der Waals surface area contributed by atoms with Gasteiger partial charge in [0.1, 0.15) is 0 Å². The maximum Gasteiger partial charge on any atom is 0.235 e. The third kappa shape index (κ3) is 1.63. The molecule has 0 fully saturated rings. The number of allylic oxidation sites excluding steroid dienone is 1. The molecule has 2 rings (SSSR count). The number of aromatic nitrogens is 1. The highest BCUT2D eigenvalue weighted by Crippen LogP contribution is 2.20. The molecular formula is C11H8N2O3. The van der Waals surface area contributed by atoms with Gasteiger partial charge in [-0.1, -0.05) is 0 Å². The minimum absolute atomic E-state index is 0.221. The zero-order valence-electron chi connectivity index (χ0n) is 8.48. The number of ketones is 2. The van der Waals surface area contributed by atoms with Crippen molar-refractivity contribution in [2.45, 2.75) is 6.92 Å². The fourth-order valence-corrected chi connectivity index (χ4v) is 1.49. The summed E-state index contributed by atoms with van der Waals surface area (Å²) in [5, 5.41) is 2.48. The number of rotatable bonds is 1. The fraction of sp³-hybridized carbons (Fsp3) is 0.0909. The van der Waals surface area contributed by atoms with Crippen LogP contribution in [0.15, 0.2) is 24.4 Å². The number of nitrogens with one attached hydrogen (secondary N) is 1. The van der Waals surface area contributed by atoms with E-state index < -0.39 is 11.6 Å². The van der Waals surface area contributed by atoms with Gasteiger partial charge in [-0.25, -0.2) is 0 Å². The highest BCUT2D eigenvalue weighted by Gasteiger charge is 2.26. The molecule has 0 bridgehead atoms. The third-order valence-electron chi connectivity index (χ3n) is 2.12. The maximum absolute atomic E-state index is 11.5. The number of hydrogen-bond acceptors (Lipinski definition) is 4. The van der Waals surface area contributed by atoms with Crippen LogP contribution in [-0.2, 0) is 9.59 Å². The van der Waals surface area contributed by atoms with Crippen LogP contribution in [0.1, 0.15) is 23.0 Å². The maximum atomic E-state index is 11.5.